The van der Waals surface area contributed by atoms with Crippen molar-refractivity contribution in [2.75, 3.05) is 0 Å². The molecular formula is C29H23N3NaO4S2. The van der Waals surface area contributed by atoms with Gasteiger partial charge < -0.3 is 5.32 Å². The number of nitrogens with zero attached hydrogens (tertiary/aromatic N) is 1. The Morgan fingerprint density at radius 1 is 0.949 bits per heavy atom. The first-order valence-corrected chi connectivity index (χ1v) is 14.0. The van der Waals surface area contributed by atoms with Crippen molar-refractivity contribution in [1.29, 1.82) is 0 Å². The summed E-state index contributed by atoms with van der Waals surface area (Å²) in [6.45, 7) is 1.85. The minimum absolute atomic E-state index is 0. The van der Waals surface area contributed by atoms with Gasteiger partial charge in [-0.15, -0.1) is 0 Å². The molecule has 191 valence electrons. The quantitative estimate of drug-likeness (QED) is 0.261. The Morgan fingerprint density at radius 2 is 1.64 bits per heavy atom. The molecule has 0 saturated carbocycles. The van der Waals surface area contributed by atoms with E-state index in [4.69, 9.17) is 0 Å². The summed E-state index contributed by atoms with van der Waals surface area (Å²) >= 11 is 1.25. The molecule has 1 aliphatic heterocycles. The molecule has 1 fully saturated rings. The van der Waals surface area contributed by atoms with Gasteiger partial charge in [-0.05, 0) is 77.0 Å². The second-order valence-corrected chi connectivity index (χ2v) is 11.5. The monoisotopic (exact) mass is 564 g/mol. The van der Waals surface area contributed by atoms with Crippen LogP contribution in [-0.4, -0.2) is 55.0 Å². The molecule has 1 saturated heterocycles. The molecule has 0 bridgehead atoms. The molecule has 1 aliphatic rings. The molecule has 10 heteroatoms. The number of amides is 2. The predicted molar refractivity (Wildman–Crippen MR) is 157 cm³/mol. The number of hydrogen-bond acceptors (Lipinski definition) is 6. The second-order valence-electron chi connectivity index (χ2n) is 8.77. The number of thioether (sulfide) groups is 1. The van der Waals surface area contributed by atoms with E-state index in [1.807, 2.05) is 55.5 Å². The van der Waals surface area contributed by atoms with Gasteiger partial charge in [0.1, 0.15) is 0 Å². The molecule has 1 radical (unpaired) electrons. The van der Waals surface area contributed by atoms with Crippen LogP contribution in [0.5, 0.6) is 0 Å². The van der Waals surface area contributed by atoms with Crippen molar-refractivity contribution in [3.8, 4) is 0 Å². The zero-order valence-electron chi connectivity index (χ0n) is 21.3. The van der Waals surface area contributed by atoms with Crippen LogP contribution in [0, 0.1) is 6.92 Å². The number of amidine groups is 1. The van der Waals surface area contributed by atoms with Crippen molar-refractivity contribution in [3.63, 3.8) is 0 Å². The summed E-state index contributed by atoms with van der Waals surface area (Å²) in [5.74, 6) is -0.850. The number of nitrogens with one attached hydrogen (secondary N) is 2. The van der Waals surface area contributed by atoms with Crippen LogP contribution in [0.1, 0.15) is 16.7 Å². The van der Waals surface area contributed by atoms with Crippen molar-refractivity contribution in [2.45, 2.75) is 18.2 Å². The van der Waals surface area contributed by atoms with Crippen LogP contribution in [0.15, 0.2) is 106 Å². The molecule has 1 heterocycles. The average molecular weight is 565 g/mol. The number of benzene rings is 4. The van der Waals surface area contributed by atoms with Crippen molar-refractivity contribution in [1.82, 2.24) is 10.0 Å². The number of fused-ring (bicyclic) bond motifs is 1. The molecule has 4 aromatic rings. The van der Waals surface area contributed by atoms with Crippen LogP contribution in [0.4, 0.5) is 5.69 Å². The van der Waals surface area contributed by atoms with Gasteiger partial charge in [0.05, 0.1) is 21.9 Å². The number of carbonyl (C=O) groups is 2. The molecule has 5 rings (SSSR count). The summed E-state index contributed by atoms with van der Waals surface area (Å²) in [5.41, 5.74) is 3.07. The first-order valence-electron chi connectivity index (χ1n) is 11.7. The van der Waals surface area contributed by atoms with Crippen molar-refractivity contribution in [2.24, 2.45) is 4.99 Å². The summed E-state index contributed by atoms with van der Waals surface area (Å²) in [5, 5.41) is 5.46. The molecule has 2 amide bonds. The number of rotatable bonds is 6. The Bertz CT molecular complexity index is 1720. The molecule has 4 aromatic carbocycles. The topological polar surface area (TPSA) is 105 Å². The zero-order chi connectivity index (χ0) is 26.7. The van der Waals surface area contributed by atoms with Crippen LogP contribution in [-0.2, 0) is 26.0 Å². The van der Waals surface area contributed by atoms with Gasteiger partial charge in [-0.2, -0.15) is 0 Å². The van der Waals surface area contributed by atoms with Crippen LogP contribution >= 0.6 is 11.8 Å². The molecule has 0 atom stereocenters. The van der Waals surface area contributed by atoms with E-state index in [9.17, 15) is 18.0 Å². The van der Waals surface area contributed by atoms with E-state index >= 15 is 0 Å². The Morgan fingerprint density at radius 3 is 2.36 bits per heavy atom. The van der Waals surface area contributed by atoms with Crippen LogP contribution in [0.2, 0.25) is 0 Å². The van der Waals surface area contributed by atoms with Gasteiger partial charge in [-0.25, -0.2) is 18.1 Å². The number of carbonyl (C=O) groups excluding carboxylic acids is 2. The summed E-state index contributed by atoms with van der Waals surface area (Å²) in [7, 11) is -3.93. The van der Waals surface area contributed by atoms with Gasteiger partial charge in [-0.1, -0.05) is 66.2 Å². The second kappa shape index (κ2) is 12.3. The van der Waals surface area contributed by atoms with Crippen molar-refractivity contribution >= 4 is 90.9 Å². The van der Waals surface area contributed by atoms with E-state index in [1.54, 1.807) is 36.4 Å². The maximum Gasteiger partial charge on any atom is 0.264 e. The van der Waals surface area contributed by atoms with E-state index in [-0.39, 0.29) is 46.8 Å². The molecule has 2 N–H and O–H groups in total. The Hall–Kier alpha value is -3.21. The number of aryl methyl sites for hydroxylation is 1. The van der Waals surface area contributed by atoms with E-state index in [1.165, 1.54) is 23.9 Å². The standard InChI is InChI=1S/C29H23N3O4S2.Na/c1-19-6-14-25(15-7-19)38(35,36)32-27(33)18-20-9-12-24(13-10-20)30-29-31-28(34)26(37-29)17-21-8-11-22-4-2-3-5-23(22)16-21;/h2-17H,18H2,1H3,(H,32,33)(H,30,31,34);. The molecule has 0 unspecified atom stereocenters. The largest absolute Gasteiger partial charge is 0.300 e. The maximum absolute atomic E-state index is 12.5. The summed E-state index contributed by atoms with van der Waals surface area (Å²) < 4.78 is 27.0. The number of aliphatic imine (C=N–C) groups is 1. The van der Waals surface area contributed by atoms with E-state index in [0.717, 1.165) is 21.9 Å². The van der Waals surface area contributed by atoms with Crippen LogP contribution in [0.3, 0.4) is 0 Å². The van der Waals surface area contributed by atoms with Gasteiger partial charge in [0.25, 0.3) is 15.9 Å². The van der Waals surface area contributed by atoms with Crippen molar-refractivity contribution in [3.05, 3.63) is 113 Å². The Labute approximate surface area is 253 Å². The van der Waals surface area contributed by atoms with Crippen LogP contribution in [0.25, 0.3) is 16.8 Å². The van der Waals surface area contributed by atoms with Crippen LogP contribution < -0.4 is 10.0 Å². The maximum atomic E-state index is 12.5. The third-order valence-corrected chi connectivity index (χ3v) is 8.13. The zero-order valence-corrected chi connectivity index (χ0v) is 25.0. The van der Waals surface area contributed by atoms with E-state index in [2.05, 4.69) is 15.0 Å². The van der Waals surface area contributed by atoms with Gasteiger partial charge in [0.2, 0.25) is 5.91 Å². The fraction of sp³-hybridized carbons (Fsp3) is 0.0690. The fourth-order valence-electron chi connectivity index (χ4n) is 3.88. The molecular weight excluding hydrogens is 541 g/mol. The van der Waals surface area contributed by atoms with Gasteiger partial charge >= 0.3 is 0 Å². The SMILES string of the molecule is Cc1ccc(S(=O)(=O)NC(=O)Cc2ccc(N=C3NC(=O)C(=Cc4ccc5ccccc5c4)S3)cc2)cc1.[Na]. The minimum Gasteiger partial charge on any atom is -0.300 e. The average Bonchev–Trinajstić information content (AvgIpc) is 3.23. The predicted octanol–water partition coefficient (Wildman–Crippen LogP) is 4.71. The summed E-state index contributed by atoms with van der Waals surface area (Å²) in [6.07, 6.45) is 1.73. The smallest absolute Gasteiger partial charge is 0.264 e. The first-order chi connectivity index (χ1) is 18.2. The number of sulfonamides is 1. The minimum atomic E-state index is -3.93. The Kier molecular flexibility index (Phi) is 9.09. The molecule has 39 heavy (non-hydrogen) atoms. The molecule has 0 aromatic heterocycles. The summed E-state index contributed by atoms with van der Waals surface area (Å²) in [6, 6.07) is 27.1. The van der Waals surface area contributed by atoms with E-state index < -0.39 is 15.9 Å². The number of hydrogen-bond donors (Lipinski definition) is 2. The first kappa shape index (κ1) is 28.8. The van der Waals surface area contributed by atoms with Gasteiger partial charge in [0, 0.05) is 29.6 Å². The normalized spacial score (nSPS) is 15.3. The van der Waals surface area contributed by atoms with E-state index in [0.29, 0.717) is 21.3 Å². The third kappa shape index (κ3) is 7.26. The fourth-order valence-corrected chi connectivity index (χ4v) is 5.71. The molecule has 0 spiro atoms. The summed E-state index contributed by atoms with van der Waals surface area (Å²) in [4.78, 5) is 29.9. The van der Waals surface area contributed by atoms with Gasteiger partial charge in [0.15, 0.2) is 5.17 Å². The molecule has 0 aliphatic carbocycles. The van der Waals surface area contributed by atoms with Gasteiger partial charge in [-0.3, -0.25) is 9.59 Å². The molecule has 7 nitrogen and oxygen atoms in total. The third-order valence-electron chi connectivity index (χ3n) is 5.83. The van der Waals surface area contributed by atoms with Crippen molar-refractivity contribution < 1.29 is 18.0 Å². The Balaban J connectivity index is 0.00000353.